The van der Waals surface area contributed by atoms with Gasteiger partial charge < -0.3 is 0 Å². The Balaban J connectivity index is 4.06. The third-order valence-corrected chi connectivity index (χ3v) is 10.8. The molecule has 0 unspecified atom stereocenters. The molecule has 0 saturated carbocycles. The number of hydrogen-bond donors (Lipinski definition) is 0. The minimum absolute atomic E-state index is 0.620. The third kappa shape index (κ3) is 16.4. The first-order valence-corrected chi connectivity index (χ1v) is 15.1. The summed E-state index contributed by atoms with van der Waals surface area (Å²) < 4.78 is 0. The number of unbranched alkanes of at least 4 members (excludes halogenated alkanes) is 13. The van der Waals surface area contributed by atoms with E-state index in [1.807, 2.05) is 0 Å². The standard InChI is InChI=1S/C16H44B12S/c1-2-3-4-5-6-7-8-9-10-11-12-13-14-15-16-29(24-26(18)19,25-27(20)21)28(22)23-17/h23H,2-16,18-22H2,1H3/q-1/i17-1,18-1,19-1,20-1,21-1,22-1,23-1,24-1,25-1,26-1,27-1,28-1. The minimum Gasteiger partial charge on any atom is -0.0654 e. The fourth-order valence-electron chi connectivity index (χ4n) is 4.39. The fraction of sp³-hybridized carbons (Fsp3) is 1.00. The van der Waals surface area contributed by atoms with Gasteiger partial charge in [0.05, 0.1) is 0 Å². The molecule has 0 aromatic carbocycles. The van der Waals surface area contributed by atoms with E-state index < -0.39 is 8.73 Å². The van der Waals surface area contributed by atoms with Gasteiger partial charge in [0.2, 0.25) is 0 Å². The van der Waals surface area contributed by atoms with Gasteiger partial charge in [-0.15, -0.1) is 0 Å². The van der Waals surface area contributed by atoms with E-state index in [0.29, 0.717) is 18.5 Å². The topological polar surface area (TPSA) is 0 Å². The van der Waals surface area contributed by atoms with Crippen LogP contribution in [0.2, 0.25) is 0 Å². The van der Waals surface area contributed by atoms with Gasteiger partial charge in [-0.3, -0.25) is 0 Å². The Labute approximate surface area is 194 Å². The molecule has 0 aliphatic rings. The maximum atomic E-state index is 6.14. The van der Waals surface area contributed by atoms with Gasteiger partial charge >= 0.3 is 163 Å². The molecule has 0 heterocycles. The summed E-state index contributed by atoms with van der Waals surface area (Å²) in [5, 5.41) is 0. The Morgan fingerprint density at radius 3 is 1.31 bits per heavy atom. The summed E-state index contributed by atoms with van der Waals surface area (Å²) in [5.41, 5.74) is 0. The van der Waals surface area contributed by atoms with Gasteiger partial charge in [-0.05, 0) is 0 Å². The third-order valence-electron chi connectivity index (χ3n) is 5.98. The molecule has 0 saturated heterocycles. The van der Waals surface area contributed by atoms with E-state index in [4.69, 9.17) is 7.74 Å². The zero-order chi connectivity index (χ0) is 22.0. The van der Waals surface area contributed by atoms with E-state index in [1.54, 1.807) is 0 Å². The molecule has 0 N–H and O–H groups in total. The first-order valence-electron chi connectivity index (χ1n) is 13.1. The second-order valence-corrected chi connectivity index (χ2v) is 13.6. The molecule has 0 aromatic heterocycles. The molecule has 13 heteroatoms. The minimum atomic E-state index is -0.815. The molecular weight excluding hydrogens is 344 g/mol. The van der Waals surface area contributed by atoms with Gasteiger partial charge in [0, 0.05) is 0 Å². The van der Waals surface area contributed by atoms with Crippen LogP contribution in [0.4, 0.5) is 0 Å². The van der Waals surface area contributed by atoms with Crippen molar-refractivity contribution in [3.8, 4) is 0 Å². The molecule has 151 valence electrons. The summed E-state index contributed by atoms with van der Waals surface area (Å²) in [7, 11) is 17.9. The van der Waals surface area contributed by atoms with Crippen LogP contribution in [0.3, 0.4) is 0 Å². The zero-order valence-electron chi connectivity index (χ0n) is 21.2. The van der Waals surface area contributed by atoms with E-state index in [1.165, 1.54) is 95.6 Å². The smallest absolute Gasteiger partial charge is 0.0654 e. The zero-order valence-corrected chi connectivity index (χ0v) is 22.0. The molecule has 0 atom stereocenters. The van der Waals surface area contributed by atoms with Crippen LogP contribution in [0, 0.1) is 0 Å². The summed E-state index contributed by atoms with van der Waals surface area (Å²) >= 11 is 0. The summed E-state index contributed by atoms with van der Waals surface area (Å²) in [6.07, 6.45) is 21.4. The Hall–Kier alpha value is 1.13. The molecular formula is C16H44B12S-. The fourth-order valence-corrected chi connectivity index (χ4v) is 8.78. The molecule has 3 radical (unpaired) electrons. The SMILES string of the molecule is [10B-][10BH][10B]([10BH2])S(=[10B][10B]([10BH2])[10BH2])(=[10B][10B]([10BH2])[10BH2])CCCCCCCCCCCCCCCC. The van der Waals surface area contributed by atoms with Gasteiger partial charge in [0.15, 0.2) is 0 Å². The molecule has 0 nitrogen and oxygen atoms in total. The Kier molecular flexibility index (Phi) is 20.6. The molecule has 29 heavy (non-hydrogen) atoms. The van der Waals surface area contributed by atoms with Crippen LogP contribution in [0.5, 0.6) is 0 Å². The Morgan fingerprint density at radius 1 is 0.655 bits per heavy atom. The molecule has 0 aliphatic heterocycles. The van der Waals surface area contributed by atoms with Crippen LogP contribution >= 0.6 is 8.73 Å². The predicted molar refractivity (Wildman–Crippen MR) is 167 cm³/mol. The van der Waals surface area contributed by atoms with E-state index in [0.717, 1.165) is 7.06 Å². The first kappa shape index (κ1) is 30.1. The monoisotopic (exact) mass is 388 g/mol. The number of hydrogen-bond acceptors (Lipinski definition) is 0. The van der Waals surface area contributed by atoms with Crippen LogP contribution in [-0.4, -0.2) is 89.9 Å². The van der Waals surface area contributed by atoms with Crippen LogP contribution in [0.15, 0.2) is 0 Å². The van der Waals surface area contributed by atoms with Crippen molar-refractivity contribution in [1.82, 2.24) is 0 Å². The normalized spacial score (nSPS) is 10.8. The van der Waals surface area contributed by atoms with Crippen LogP contribution in [-0.2, 0) is 0 Å². The van der Waals surface area contributed by atoms with E-state index in [2.05, 4.69) is 57.7 Å². The van der Waals surface area contributed by atoms with Crippen molar-refractivity contribution >= 4 is 92.9 Å². The van der Waals surface area contributed by atoms with Crippen molar-refractivity contribution in [2.75, 3.05) is 5.75 Å². The molecule has 0 aromatic rings. The van der Waals surface area contributed by atoms with Gasteiger partial charge in [-0.1, -0.05) is 32.6 Å². The summed E-state index contributed by atoms with van der Waals surface area (Å²) in [5.74, 6) is 1.98. The van der Waals surface area contributed by atoms with Crippen LogP contribution < -0.4 is 0 Å². The summed E-state index contributed by atoms with van der Waals surface area (Å²) in [6.45, 7) is 2.30. The van der Waals surface area contributed by atoms with Crippen molar-refractivity contribution < 1.29 is 0 Å². The first-order chi connectivity index (χ1) is 13.9. The van der Waals surface area contributed by atoms with Crippen LogP contribution in [0.25, 0.3) is 0 Å². The summed E-state index contributed by atoms with van der Waals surface area (Å²) in [6, 6.07) is 5.35. The van der Waals surface area contributed by atoms with Crippen molar-refractivity contribution in [2.24, 2.45) is 0 Å². The Morgan fingerprint density at radius 2 is 1.00 bits per heavy atom. The molecule has 0 fully saturated rings. The van der Waals surface area contributed by atoms with Gasteiger partial charge in [-0.2, -0.15) is 0 Å². The van der Waals surface area contributed by atoms with Gasteiger partial charge in [0.1, 0.15) is 0 Å². The van der Waals surface area contributed by atoms with Crippen molar-refractivity contribution in [3.05, 3.63) is 0 Å². The average molecular weight is 389 g/mol. The van der Waals surface area contributed by atoms with E-state index >= 15 is 0 Å². The van der Waals surface area contributed by atoms with Crippen molar-refractivity contribution in [2.45, 2.75) is 96.8 Å². The number of rotatable bonds is 19. The maximum absolute atomic E-state index is 6.14. The predicted octanol–water partition coefficient (Wildman–Crippen LogP) is -0.849. The summed E-state index contributed by atoms with van der Waals surface area (Å²) in [4.78, 5) is 0. The van der Waals surface area contributed by atoms with Crippen molar-refractivity contribution in [3.63, 3.8) is 0 Å². The second-order valence-electron chi connectivity index (χ2n) is 10.0. The van der Waals surface area contributed by atoms with E-state index in [-0.39, 0.29) is 0 Å². The van der Waals surface area contributed by atoms with E-state index in [9.17, 15) is 0 Å². The van der Waals surface area contributed by atoms with Crippen LogP contribution in [0.1, 0.15) is 96.8 Å². The van der Waals surface area contributed by atoms with Gasteiger partial charge in [-0.25, -0.2) is 0 Å². The van der Waals surface area contributed by atoms with Crippen molar-refractivity contribution in [1.29, 1.82) is 0 Å². The quantitative estimate of drug-likeness (QED) is 0.200. The Bertz CT molecular complexity index is 470. The second kappa shape index (κ2) is 19.8. The molecule has 0 aliphatic carbocycles. The molecule has 0 rings (SSSR count). The average Bonchev–Trinajstić information content (AvgIpc) is 2.66. The molecule has 0 spiro atoms. The van der Waals surface area contributed by atoms with Gasteiger partial charge in [0.25, 0.3) is 0 Å². The molecule has 0 amide bonds. The molecule has 0 bridgehead atoms.